The van der Waals surface area contributed by atoms with E-state index >= 15 is 0 Å². The molecule has 0 aliphatic rings. The van der Waals surface area contributed by atoms with Gasteiger partial charge in [0.1, 0.15) is 11.4 Å². The Labute approximate surface area is 177 Å². The van der Waals surface area contributed by atoms with Gasteiger partial charge in [-0.2, -0.15) is 13.2 Å². The molecule has 0 unspecified atom stereocenters. The lowest BCUT2D eigenvalue weighted by Gasteiger charge is -2.11. The van der Waals surface area contributed by atoms with E-state index in [-0.39, 0.29) is 40.3 Å². The first kappa shape index (κ1) is 24.1. The van der Waals surface area contributed by atoms with Crippen LogP contribution >= 0.6 is 0 Å². The second kappa shape index (κ2) is 8.88. The summed E-state index contributed by atoms with van der Waals surface area (Å²) in [5, 5.41) is 10.8. The molecule has 3 heterocycles. The Bertz CT molecular complexity index is 1230. The van der Waals surface area contributed by atoms with Crippen molar-refractivity contribution in [1.82, 2.24) is 19.5 Å². The number of carbonyl (C=O) groups is 1. The summed E-state index contributed by atoms with van der Waals surface area (Å²) in [6, 6.07) is 1.85. The highest BCUT2D eigenvalue weighted by atomic mass is 32.2. The van der Waals surface area contributed by atoms with Crippen molar-refractivity contribution in [3.8, 4) is 11.5 Å². The molecule has 0 aliphatic carbocycles. The number of imidazole rings is 1. The minimum atomic E-state index is -4.66. The SMILES string of the molecule is CC.CCS(=O)(=O)c1cc(NC(=O)O)cnc1-c1nc2cc(C(F)(F)F)ncc2n1C.[HH]. The van der Waals surface area contributed by atoms with Crippen molar-refractivity contribution in [2.45, 2.75) is 31.8 Å². The standard InChI is InChI=1S/C16H14F3N5O4S.C2H6.H2/c1-3-29(27,28)11-4-8(22-15(25)26)6-21-13(11)14-23-9-5-12(16(17,18)19)20-7-10(9)24(14)2;1-2;/h4-7,22H,3H2,1-2H3,(H,25,26);1-2H3;1H. The van der Waals surface area contributed by atoms with Gasteiger partial charge < -0.3 is 9.67 Å². The molecule has 3 rings (SSSR count). The Morgan fingerprint density at radius 2 is 1.87 bits per heavy atom. The van der Waals surface area contributed by atoms with Gasteiger partial charge in [-0.05, 0) is 12.1 Å². The van der Waals surface area contributed by atoms with E-state index in [4.69, 9.17) is 5.11 Å². The van der Waals surface area contributed by atoms with Crippen LogP contribution in [0, 0.1) is 0 Å². The number of amides is 1. The number of nitrogens with one attached hydrogen (secondary N) is 1. The maximum atomic E-state index is 12.9. The van der Waals surface area contributed by atoms with Gasteiger partial charge in [0.15, 0.2) is 15.7 Å². The molecule has 0 aromatic carbocycles. The molecule has 0 spiro atoms. The summed E-state index contributed by atoms with van der Waals surface area (Å²) in [7, 11) is -2.39. The number of hydrogen-bond donors (Lipinski definition) is 2. The van der Waals surface area contributed by atoms with E-state index in [0.717, 1.165) is 24.5 Å². The van der Waals surface area contributed by atoms with Gasteiger partial charge in [0.25, 0.3) is 0 Å². The third-order valence-corrected chi connectivity index (χ3v) is 5.83. The molecule has 9 nitrogen and oxygen atoms in total. The lowest BCUT2D eigenvalue weighted by Crippen LogP contribution is -2.12. The number of hydrogen-bond acceptors (Lipinski definition) is 6. The molecule has 0 aliphatic heterocycles. The average Bonchev–Trinajstić information content (AvgIpc) is 3.04. The fraction of sp³-hybridized carbons (Fsp3) is 0.333. The summed E-state index contributed by atoms with van der Waals surface area (Å²) < 4.78 is 65.2. The number of fused-ring (bicyclic) bond motifs is 1. The van der Waals surface area contributed by atoms with Crippen LogP contribution < -0.4 is 5.32 Å². The summed E-state index contributed by atoms with van der Waals surface area (Å²) in [4.78, 5) is 22.0. The van der Waals surface area contributed by atoms with E-state index in [1.54, 1.807) is 0 Å². The quantitative estimate of drug-likeness (QED) is 0.596. The second-order valence-electron chi connectivity index (χ2n) is 5.95. The molecule has 3 aromatic rings. The molecule has 3 aromatic heterocycles. The Morgan fingerprint density at radius 3 is 2.42 bits per heavy atom. The van der Waals surface area contributed by atoms with Gasteiger partial charge in [0, 0.05) is 8.47 Å². The Hall–Kier alpha value is -3.22. The fourth-order valence-electron chi connectivity index (χ4n) is 2.65. The highest BCUT2D eigenvalue weighted by molar-refractivity contribution is 7.91. The highest BCUT2D eigenvalue weighted by Crippen LogP contribution is 2.33. The molecule has 31 heavy (non-hydrogen) atoms. The van der Waals surface area contributed by atoms with Gasteiger partial charge >= 0.3 is 12.3 Å². The van der Waals surface area contributed by atoms with Crippen molar-refractivity contribution >= 4 is 32.7 Å². The summed E-state index contributed by atoms with van der Waals surface area (Å²) in [6.07, 6.45) is -3.99. The number of pyridine rings is 2. The molecule has 0 fully saturated rings. The van der Waals surface area contributed by atoms with Crippen LogP contribution in [0.2, 0.25) is 0 Å². The molecular formula is C18H22F3N5O4S. The van der Waals surface area contributed by atoms with Crippen LogP contribution in [-0.4, -0.2) is 44.9 Å². The first-order chi connectivity index (χ1) is 14.4. The number of anilines is 1. The number of alkyl halides is 3. The zero-order valence-corrected chi connectivity index (χ0v) is 17.8. The van der Waals surface area contributed by atoms with E-state index in [1.807, 2.05) is 19.2 Å². The monoisotopic (exact) mass is 461 g/mol. The smallest absolute Gasteiger partial charge is 0.433 e. The molecule has 170 valence electrons. The largest absolute Gasteiger partial charge is 0.465 e. The van der Waals surface area contributed by atoms with Crippen molar-refractivity contribution in [2.75, 3.05) is 11.1 Å². The number of aromatic nitrogens is 4. The molecule has 13 heteroatoms. The minimum Gasteiger partial charge on any atom is -0.465 e. The maximum absolute atomic E-state index is 12.9. The Morgan fingerprint density at radius 1 is 1.23 bits per heavy atom. The van der Waals surface area contributed by atoms with Gasteiger partial charge in [0.2, 0.25) is 0 Å². The van der Waals surface area contributed by atoms with E-state index in [9.17, 15) is 26.4 Å². The van der Waals surface area contributed by atoms with Crippen LogP contribution in [0.15, 0.2) is 29.4 Å². The van der Waals surface area contributed by atoms with E-state index in [2.05, 4.69) is 15.0 Å². The minimum absolute atomic E-state index is 0. The molecule has 0 bridgehead atoms. The van der Waals surface area contributed by atoms with Crippen molar-refractivity contribution in [1.29, 1.82) is 0 Å². The summed E-state index contributed by atoms with van der Waals surface area (Å²) >= 11 is 0. The number of halogens is 3. The van der Waals surface area contributed by atoms with Crippen LogP contribution in [0.1, 0.15) is 27.9 Å². The average molecular weight is 461 g/mol. The second-order valence-corrected chi connectivity index (χ2v) is 8.20. The van der Waals surface area contributed by atoms with Gasteiger partial charge in [0.05, 0.1) is 39.8 Å². The zero-order valence-electron chi connectivity index (χ0n) is 17.0. The van der Waals surface area contributed by atoms with Crippen molar-refractivity contribution in [3.05, 3.63) is 30.2 Å². The van der Waals surface area contributed by atoms with Crippen LogP contribution in [0.25, 0.3) is 22.6 Å². The van der Waals surface area contributed by atoms with E-state index < -0.39 is 27.8 Å². The Kier molecular flexibility index (Phi) is 6.89. The zero-order chi connectivity index (χ0) is 23.6. The predicted octanol–water partition coefficient (Wildman–Crippen LogP) is 4.20. The van der Waals surface area contributed by atoms with Crippen LogP contribution in [-0.2, 0) is 23.1 Å². The fourth-order valence-corrected chi connectivity index (χ4v) is 3.71. The maximum Gasteiger partial charge on any atom is 0.433 e. The summed E-state index contributed by atoms with van der Waals surface area (Å²) in [6.45, 7) is 5.39. The first-order valence-corrected chi connectivity index (χ1v) is 10.7. The molecular weight excluding hydrogens is 439 g/mol. The molecule has 0 atom stereocenters. The first-order valence-electron chi connectivity index (χ1n) is 9.07. The highest BCUT2D eigenvalue weighted by Gasteiger charge is 2.33. The molecule has 2 N–H and O–H groups in total. The van der Waals surface area contributed by atoms with Crippen LogP contribution in [0.5, 0.6) is 0 Å². The van der Waals surface area contributed by atoms with Crippen molar-refractivity contribution in [3.63, 3.8) is 0 Å². The van der Waals surface area contributed by atoms with Crippen LogP contribution in [0.3, 0.4) is 0 Å². The number of rotatable bonds is 4. The third-order valence-electron chi connectivity index (χ3n) is 4.09. The number of aryl methyl sites for hydroxylation is 1. The van der Waals surface area contributed by atoms with E-state index in [0.29, 0.717) is 0 Å². The summed E-state index contributed by atoms with van der Waals surface area (Å²) in [5.74, 6) is -0.308. The molecule has 0 saturated carbocycles. The van der Waals surface area contributed by atoms with E-state index in [1.165, 1.54) is 18.5 Å². The summed E-state index contributed by atoms with van der Waals surface area (Å²) in [5.41, 5.74) is -1.13. The Balaban J connectivity index is 0.00000166. The topological polar surface area (TPSA) is 127 Å². The molecule has 0 radical (unpaired) electrons. The lowest BCUT2D eigenvalue weighted by molar-refractivity contribution is -0.141. The molecule has 0 saturated heterocycles. The number of nitrogens with zero attached hydrogens (tertiary/aromatic N) is 4. The third kappa shape index (κ3) is 4.93. The number of sulfone groups is 1. The number of carboxylic acid groups (broad SMARTS) is 1. The molecule has 1 amide bonds. The van der Waals surface area contributed by atoms with Gasteiger partial charge in [-0.1, -0.05) is 20.8 Å². The predicted molar refractivity (Wildman–Crippen MR) is 110 cm³/mol. The lowest BCUT2D eigenvalue weighted by atomic mass is 10.3. The van der Waals surface area contributed by atoms with Crippen molar-refractivity contribution < 1.29 is 32.9 Å². The van der Waals surface area contributed by atoms with Gasteiger partial charge in [-0.25, -0.2) is 28.2 Å². The van der Waals surface area contributed by atoms with Crippen molar-refractivity contribution in [2.24, 2.45) is 7.05 Å². The van der Waals surface area contributed by atoms with Gasteiger partial charge in [-0.15, -0.1) is 0 Å². The van der Waals surface area contributed by atoms with Gasteiger partial charge in [-0.3, -0.25) is 5.32 Å². The van der Waals surface area contributed by atoms with Crippen LogP contribution in [0.4, 0.5) is 23.7 Å². The normalized spacial score (nSPS) is 11.7.